The van der Waals surface area contributed by atoms with Crippen molar-refractivity contribution < 1.29 is 0 Å². The van der Waals surface area contributed by atoms with E-state index in [0.717, 1.165) is 21.2 Å². The monoisotopic (exact) mass is 226 g/mol. The SMILES string of the molecule is C1=CC(c2cnc(-c3ccccc3)s2)=N[N]1. The molecule has 0 amide bonds. The van der Waals surface area contributed by atoms with E-state index in [0.29, 0.717) is 0 Å². The summed E-state index contributed by atoms with van der Waals surface area (Å²) in [6.45, 7) is 0. The molecule has 1 aromatic heterocycles. The lowest BCUT2D eigenvalue weighted by atomic mass is 10.2. The van der Waals surface area contributed by atoms with Gasteiger partial charge in [0.2, 0.25) is 0 Å². The molecule has 0 bridgehead atoms. The third-order valence-corrected chi connectivity index (χ3v) is 3.31. The minimum atomic E-state index is 0.889. The van der Waals surface area contributed by atoms with Gasteiger partial charge in [-0.05, 0) is 6.08 Å². The molecule has 77 valence electrons. The van der Waals surface area contributed by atoms with Crippen LogP contribution >= 0.6 is 11.3 Å². The molecule has 3 rings (SSSR count). The lowest BCUT2D eigenvalue weighted by molar-refractivity contribution is 0.973. The van der Waals surface area contributed by atoms with Gasteiger partial charge in [-0.2, -0.15) is 5.43 Å². The largest absolute Gasteiger partial charge is 0.244 e. The van der Waals surface area contributed by atoms with E-state index in [1.807, 2.05) is 30.5 Å². The number of thiazole rings is 1. The minimum absolute atomic E-state index is 0.889. The molecule has 0 unspecified atom stereocenters. The van der Waals surface area contributed by atoms with Gasteiger partial charge in [-0.25, -0.2) is 4.98 Å². The first kappa shape index (κ1) is 9.30. The van der Waals surface area contributed by atoms with Gasteiger partial charge in [0.25, 0.3) is 0 Å². The smallest absolute Gasteiger partial charge is 0.123 e. The van der Waals surface area contributed by atoms with Gasteiger partial charge < -0.3 is 0 Å². The molecule has 1 radical (unpaired) electrons. The molecule has 1 aromatic carbocycles. The summed E-state index contributed by atoms with van der Waals surface area (Å²) in [6.07, 6.45) is 5.43. The zero-order valence-electron chi connectivity index (χ0n) is 8.37. The van der Waals surface area contributed by atoms with E-state index in [1.54, 1.807) is 17.5 Å². The van der Waals surface area contributed by atoms with E-state index in [1.165, 1.54) is 0 Å². The molecule has 0 fully saturated rings. The van der Waals surface area contributed by atoms with Crippen molar-refractivity contribution in [3.05, 3.63) is 53.7 Å². The Bertz CT molecular complexity index is 555. The fourth-order valence-electron chi connectivity index (χ4n) is 1.47. The standard InChI is InChI=1S/C12H8N3S/c1-2-4-9(5-3-1)12-13-8-11(16-12)10-6-7-14-15-10/h1-8H. The Morgan fingerprint density at radius 2 is 1.94 bits per heavy atom. The van der Waals surface area contributed by atoms with Crippen LogP contribution in [0.5, 0.6) is 0 Å². The van der Waals surface area contributed by atoms with E-state index >= 15 is 0 Å². The van der Waals surface area contributed by atoms with E-state index in [-0.39, 0.29) is 0 Å². The molecule has 1 aliphatic rings. The summed E-state index contributed by atoms with van der Waals surface area (Å²) in [5.74, 6) is 0. The van der Waals surface area contributed by atoms with Crippen molar-refractivity contribution in [2.24, 2.45) is 5.10 Å². The molecule has 3 nitrogen and oxygen atoms in total. The van der Waals surface area contributed by atoms with Gasteiger partial charge in [-0.1, -0.05) is 30.3 Å². The summed E-state index contributed by atoms with van der Waals surface area (Å²) in [5, 5.41) is 5.03. The number of rotatable bonds is 2. The van der Waals surface area contributed by atoms with Crippen LogP contribution in [0.25, 0.3) is 10.6 Å². The van der Waals surface area contributed by atoms with E-state index in [4.69, 9.17) is 0 Å². The highest BCUT2D eigenvalue weighted by Gasteiger charge is 2.10. The highest BCUT2D eigenvalue weighted by molar-refractivity contribution is 7.17. The number of allylic oxidation sites excluding steroid dienone is 1. The number of nitrogens with zero attached hydrogens (tertiary/aromatic N) is 3. The van der Waals surface area contributed by atoms with Crippen molar-refractivity contribution in [1.29, 1.82) is 0 Å². The highest BCUT2D eigenvalue weighted by Crippen LogP contribution is 2.25. The first-order valence-corrected chi connectivity index (χ1v) is 5.71. The van der Waals surface area contributed by atoms with Crippen LogP contribution in [0, 0.1) is 0 Å². The van der Waals surface area contributed by atoms with Crippen LogP contribution in [0.1, 0.15) is 4.88 Å². The molecule has 0 aliphatic carbocycles. The molecule has 0 saturated heterocycles. The van der Waals surface area contributed by atoms with Crippen molar-refractivity contribution in [3.63, 3.8) is 0 Å². The van der Waals surface area contributed by atoms with Crippen molar-refractivity contribution in [2.45, 2.75) is 0 Å². The predicted octanol–water partition coefficient (Wildman–Crippen LogP) is 2.65. The third-order valence-electron chi connectivity index (χ3n) is 2.24. The summed E-state index contributed by atoms with van der Waals surface area (Å²) >= 11 is 1.63. The van der Waals surface area contributed by atoms with Gasteiger partial charge in [-0.15, -0.1) is 16.4 Å². The second kappa shape index (κ2) is 3.90. The van der Waals surface area contributed by atoms with Gasteiger partial charge in [0.1, 0.15) is 10.7 Å². The van der Waals surface area contributed by atoms with Crippen LogP contribution in [0.3, 0.4) is 0 Å². The van der Waals surface area contributed by atoms with Gasteiger partial charge in [0.05, 0.1) is 11.1 Å². The Morgan fingerprint density at radius 3 is 2.69 bits per heavy atom. The van der Waals surface area contributed by atoms with Crippen LogP contribution in [-0.2, 0) is 0 Å². The first-order valence-electron chi connectivity index (χ1n) is 4.89. The quantitative estimate of drug-likeness (QED) is 0.775. The molecule has 0 spiro atoms. The summed E-state index contributed by atoms with van der Waals surface area (Å²) in [7, 11) is 0. The lowest BCUT2D eigenvalue weighted by Gasteiger charge is -1.93. The van der Waals surface area contributed by atoms with E-state index in [9.17, 15) is 0 Å². The highest BCUT2D eigenvalue weighted by atomic mass is 32.1. The number of hydrogen-bond acceptors (Lipinski definition) is 3. The van der Waals surface area contributed by atoms with E-state index < -0.39 is 0 Å². The van der Waals surface area contributed by atoms with Gasteiger partial charge in [0, 0.05) is 11.8 Å². The van der Waals surface area contributed by atoms with Crippen LogP contribution in [0.15, 0.2) is 53.9 Å². The Balaban J connectivity index is 1.97. The average Bonchev–Trinajstić information content (AvgIpc) is 3.01. The minimum Gasteiger partial charge on any atom is -0.244 e. The molecule has 0 N–H and O–H groups in total. The van der Waals surface area contributed by atoms with Gasteiger partial charge in [-0.3, -0.25) is 0 Å². The van der Waals surface area contributed by atoms with Crippen LogP contribution in [-0.4, -0.2) is 10.7 Å². The summed E-state index contributed by atoms with van der Waals surface area (Å²) in [4.78, 5) is 5.45. The number of hydrogen-bond donors (Lipinski definition) is 0. The molecule has 1 aliphatic heterocycles. The Kier molecular flexibility index (Phi) is 2.27. The topological polar surface area (TPSA) is 39.4 Å². The molecule has 4 heteroatoms. The van der Waals surface area contributed by atoms with Crippen molar-refractivity contribution in [3.8, 4) is 10.6 Å². The Hall–Kier alpha value is -1.94. The molecule has 0 atom stereocenters. The maximum atomic E-state index is 4.39. The molecular weight excluding hydrogens is 218 g/mol. The number of benzene rings is 1. The van der Waals surface area contributed by atoms with Crippen molar-refractivity contribution >= 4 is 17.0 Å². The maximum Gasteiger partial charge on any atom is 0.123 e. The molecule has 16 heavy (non-hydrogen) atoms. The maximum absolute atomic E-state index is 4.39. The lowest BCUT2D eigenvalue weighted by Crippen LogP contribution is -1.88. The van der Waals surface area contributed by atoms with Gasteiger partial charge >= 0.3 is 0 Å². The predicted molar refractivity (Wildman–Crippen MR) is 65.4 cm³/mol. The third kappa shape index (κ3) is 1.63. The zero-order valence-corrected chi connectivity index (χ0v) is 9.19. The molecular formula is C12H8N3S. The van der Waals surface area contributed by atoms with E-state index in [2.05, 4.69) is 27.6 Å². The molecule has 2 aromatic rings. The summed E-state index contributed by atoms with van der Waals surface area (Å²) < 4.78 is 0. The first-order chi connectivity index (χ1) is 7.93. The van der Waals surface area contributed by atoms with Crippen LogP contribution in [0.4, 0.5) is 0 Å². The van der Waals surface area contributed by atoms with Gasteiger partial charge in [0.15, 0.2) is 0 Å². The van der Waals surface area contributed by atoms with Crippen LogP contribution in [0.2, 0.25) is 0 Å². The van der Waals surface area contributed by atoms with Crippen molar-refractivity contribution in [1.82, 2.24) is 10.4 Å². The molecule has 0 saturated carbocycles. The van der Waals surface area contributed by atoms with Crippen LogP contribution < -0.4 is 5.43 Å². The fourth-order valence-corrected chi connectivity index (χ4v) is 2.36. The number of aromatic nitrogens is 1. The Labute approximate surface area is 97.2 Å². The summed E-state index contributed by atoms with van der Waals surface area (Å²) in [6, 6.07) is 10.1. The fraction of sp³-hybridized carbons (Fsp3) is 0. The molecule has 2 heterocycles. The normalized spacial score (nSPS) is 13.6. The second-order valence-corrected chi connectivity index (χ2v) is 4.34. The zero-order chi connectivity index (χ0) is 10.8. The Morgan fingerprint density at radius 1 is 1.06 bits per heavy atom. The second-order valence-electron chi connectivity index (χ2n) is 3.31. The van der Waals surface area contributed by atoms with Crippen molar-refractivity contribution in [2.75, 3.05) is 0 Å². The average molecular weight is 226 g/mol. The summed E-state index contributed by atoms with van der Waals surface area (Å²) in [5.41, 5.74) is 5.84.